The molecule has 0 aliphatic rings. The minimum Gasteiger partial charge on any atom is -0.455 e. The molecule has 0 bridgehead atoms. The molecule has 0 atom stereocenters. The van der Waals surface area contributed by atoms with E-state index in [2.05, 4.69) is 206 Å². The van der Waals surface area contributed by atoms with Gasteiger partial charge in [0.15, 0.2) is 0 Å². The van der Waals surface area contributed by atoms with Crippen LogP contribution < -0.4 is 4.90 Å². The summed E-state index contributed by atoms with van der Waals surface area (Å²) in [6.07, 6.45) is 0. The first-order valence-corrected chi connectivity index (χ1v) is 18.6. The third kappa shape index (κ3) is 5.12. The van der Waals surface area contributed by atoms with Crippen LogP contribution in [0.15, 0.2) is 180 Å². The van der Waals surface area contributed by atoms with Crippen molar-refractivity contribution in [2.24, 2.45) is 0 Å². The first-order chi connectivity index (χ1) is 26.5. The van der Waals surface area contributed by atoms with E-state index in [9.17, 15) is 0 Å². The van der Waals surface area contributed by atoms with Gasteiger partial charge in [0.2, 0.25) is 0 Å². The molecule has 0 spiro atoms. The summed E-state index contributed by atoms with van der Waals surface area (Å²) in [5.74, 6) is 0. The first-order valence-electron chi connectivity index (χ1n) is 18.6. The van der Waals surface area contributed by atoms with Crippen LogP contribution in [0.5, 0.6) is 0 Å². The molecule has 10 rings (SSSR count). The molecule has 54 heavy (non-hydrogen) atoms. The number of hydrogen-bond donors (Lipinski definition) is 0. The van der Waals surface area contributed by atoms with Gasteiger partial charge in [0, 0.05) is 38.8 Å². The fourth-order valence-electron chi connectivity index (χ4n) is 8.31. The Morgan fingerprint density at radius 3 is 1.85 bits per heavy atom. The lowest BCUT2D eigenvalue weighted by Gasteiger charge is -2.29. The summed E-state index contributed by atoms with van der Waals surface area (Å²) < 4.78 is 9.26. The Balaban J connectivity index is 1.20. The number of aromatic nitrogens is 1. The Bertz CT molecular complexity index is 2970. The number of rotatable bonds is 6. The number of nitrogens with zero attached hydrogens (tertiary/aromatic N) is 2. The topological polar surface area (TPSA) is 21.3 Å². The van der Waals surface area contributed by atoms with Crippen molar-refractivity contribution < 1.29 is 4.42 Å². The van der Waals surface area contributed by atoms with E-state index in [0.29, 0.717) is 0 Å². The molecule has 8 aromatic carbocycles. The smallest absolute Gasteiger partial charge is 0.145 e. The Kier molecular flexibility index (Phi) is 7.48. The Morgan fingerprint density at radius 1 is 0.463 bits per heavy atom. The molecule has 0 N–H and O–H groups in total. The largest absolute Gasteiger partial charge is 0.455 e. The lowest BCUT2D eigenvalue weighted by atomic mass is 9.95. The van der Waals surface area contributed by atoms with E-state index in [1.165, 1.54) is 49.6 Å². The van der Waals surface area contributed by atoms with E-state index in [-0.39, 0.29) is 0 Å². The number of anilines is 3. The summed E-state index contributed by atoms with van der Waals surface area (Å²) in [7, 11) is 0. The minimum absolute atomic E-state index is 0.871. The van der Waals surface area contributed by atoms with Crippen LogP contribution in [0.3, 0.4) is 0 Å². The monoisotopic (exact) mass is 694 g/mol. The SMILES string of the molecule is Cc1ccc(N(c2cc(C)c(-c3ccccc3)cc2C)c2ccc(-c3cccc(-n4c5ccccc5c5ccccc54)c3)c3oc4ccccc4c23)cc1. The molecular weight excluding hydrogens is 657 g/mol. The van der Waals surface area contributed by atoms with Crippen molar-refractivity contribution >= 4 is 60.8 Å². The van der Waals surface area contributed by atoms with Crippen molar-refractivity contribution in [3.8, 4) is 27.9 Å². The molecule has 10 aromatic rings. The van der Waals surface area contributed by atoms with Crippen LogP contribution in [0.1, 0.15) is 16.7 Å². The average molecular weight is 695 g/mol. The van der Waals surface area contributed by atoms with Gasteiger partial charge >= 0.3 is 0 Å². The summed E-state index contributed by atoms with van der Waals surface area (Å²) in [6.45, 7) is 6.58. The molecule has 3 heteroatoms. The number of para-hydroxylation sites is 3. The normalized spacial score (nSPS) is 11.6. The summed E-state index contributed by atoms with van der Waals surface area (Å²) in [5.41, 5.74) is 16.9. The maximum Gasteiger partial charge on any atom is 0.145 e. The van der Waals surface area contributed by atoms with Crippen LogP contribution in [0.4, 0.5) is 17.1 Å². The van der Waals surface area contributed by atoms with Crippen LogP contribution in [0, 0.1) is 20.8 Å². The number of benzene rings is 8. The highest BCUT2D eigenvalue weighted by atomic mass is 16.3. The Labute approximate surface area is 315 Å². The molecule has 0 radical (unpaired) electrons. The fourth-order valence-corrected chi connectivity index (χ4v) is 8.31. The predicted molar refractivity (Wildman–Crippen MR) is 228 cm³/mol. The molecule has 2 aromatic heterocycles. The molecular formula is C51H38N2O. The third-order valence-electron chi connectivity index (χ3n) is 10.9. The molecule has 0 fully saturated rings. The second kappa shape index (κ2) is 12.7. The van der Waals surface area contributed by atoms with Crippen LogP contribution in [0.25, 0.3) is 71.7 Å². The molecule has 0 aliphatic heterocycles. The van der Waals surface area contributed by atoms with Gasteiger partial charge in [-0.2, -0.15) is 0 Å². The maximum atomic E-state index is 6.89. The van der Waals surface area contributed by atoms with Crippen LogP contribution >= 0.6 is 0 Å². The highest BCUT2D eigenvalue weighted by Crippen LogP contribution is 2.48. The summed E-state index contributed by atoms with van der Waals surface area (Å²) in [5, 5.41) is 4.69. The molecule has 0 unspecified atom stereocenters. The van der Waals surface area contributed by atoms with Gasteiger partial charge in [0.1, 0.15) is 11.2 Å². The van der Waals surface area contributed by atoms with Crippen molar-refractivity contribution in [2.75, 3.05) is 4.90 Å². The van der Waals surface area contributed by atoms with Crippen molar-refractivity contribution in [1.82, 2.24) is 4.57 Å². The van der Waals surface area contributed by atoms with Gasteiger partial charge in [0.25, 0.3) is 0 Å². The molecule has 258 valence electrons. The van der Waals surface area contributed by atoms with E-state index >= 15 is 0 Å². The lowest BCUT2D eigenvalue weighted by molar-refractivity contribution is 0.670. The van der Waals surface area contributed by atoms with Gasteiger partial charge in [-0.15, -0.1) is 0 Å². The first kappa shape index (κ1) is 31.9. The Hall–Kier alpha value is -6.84. The molecule has 0 amide bonds. The maximum absolute atomic E-state index is 6.89. The number of aryl methyl sites for hydroxylation is 3. The van der Waals surface area contributed by atoms with Crippen molar-refractivity contribution in [1.29, 1.82) is 0 Å². The second-order valence-corrected chi connectivity index (χ2v) is 14.3. The number of furan rings is 1. The highest BCUT2D eigenvalue weighted by molar-refractivity contribution is 6.17. The van der Waals surface area contributed by atoms with Gasteiger partial charge in [-0.25, -0.2) is 0 Å². The van der Waals surface area contributed by atoms with Crippen LogP contribution in [-0.4, -0.2) is 4.57 Å². The quantitative estimate of drug-likeness (QED) is 0.173. The predicted octanol–water partition coefficient (Wildman–Crippen LogP) is 14.4. The lowest BCUT2D eigenvalue weighted by Crippen LogP contribution is -2.12. The zero-order valence-electron chi connectivity index (χ0n) is 30.5. The van der Waals surface area contributed by atoms with Gasteiger partial charge in [-0.1, -0.05) is 115 Å². The van der Waals surface area contributed by atoms with E-state index in [0.717, 1.165) is 55.8 Å². The zero-order valence-corrected chi connectivity index (χ0v) is 30.5. The van der Waals surface area contributed by atoms with Crippen molar-refractivity contribution in [3.63, 3.8) is 0 Å². The Morgan fingerprint density at radius 2 is 1.11 bits per heavy atom. The van der Waals surface area contributed by atoms with Gasteiger partial charge in [-0.3, -0.25) is 0 Å². The minimum atomic E-state index is 0.871. The number of hydrogen-bond acceptors (Lipinski definition) is 2. The standard InChI is InChI=1S/C51H38N2O/c1-33-24-26-38(27-25-33)52(48-31-34(2)44(30-35(48)3)36-14-5-4-6-15-36)47-29-28-40(51-50(47)43-20-9-12-23-49(43)54-51)37-16-13-17-39(32-37)53-45-21-10-7-18-41(45)42-19-8-11-22-46(42)53/h4-32H,1-3H3. The van der Waals surface area contributed by atoms with Gasteiger partial charge in [-0.05, 0) is 115 Å². The van der Waals surface area contributed by atoms with Gasteiger partial charge in [0.05, 0.1) is 22.1 Å². The van der Waals surface area contributed by atoms with E-state index < -0.39 is 0 Å². The molecule has 0 aliphatic carbocycles. The molecule has 3 nitrogen and oxygen atoms in total. The third-order valence-corrected chi connectivity index (χ3v) is 10.9. The van der Waals surface area contributed by atoms with Crippen molar-refractivity contribution in [3.05, 3.63) is 193 Å². The number of fused-ring (bicyclic) bond motifs is 6. The summed E-state index contributed by atoms with van der Waals surface area (Å²) in [6, 6.07) is 63.4. The molecule has 2 heterocycles. The van der Waals surface area contributed by atoms with Gasteiger partial charge < -0.3 is 13.9 Å². The highest BCUT2D eigenvalue weighted by Gasteiger charge is 2.24. The molecule has 0 saturated heterocycles. The average Bonchev–Trinajstić information content (AvgIpc) is 3.77. The summed E-state index contributed by atoms with van der Waals surface area (Å²) in [4.78, 5) is 2.42. The van der Waals surface area contributed by atoms with Crippen LogP contribution in [-0.2, 0) is 0 Å². The van der Waals surface area contributed by atoms with Crippen molar-refractivity contribution in [2.45, 2.75) is 20.8 Å². The second-order valence-electron chi connectivity index (χ2n) is 14.3. The molecule has 0 saturated carbocycles. The summed E-state index contributed by atoms with van der Waals surface area (Å²) >= 11 is 0. The zero-order chi connectivity index (χ0) is 36.3. The fraction of sp³-hybridized carbons (Fsp3) is 0.0588. The van der Waals surface area contributed by atoms with Crippen LogP contribution in [0.2, 0.25) is 0 Å². The van der Waals surface area contributed by atoms with E-state index in [1.54, 1.807) is 0 Å². The van der Waals surface area contributed by atoms with E-state index in [1.807, 2.05) is 0 Å². The van der Waals surface area contributed by atoms with E-state index in [4.69, 9.17) is 4.42 Å².